The molecule has 16 heavy (non-hydrogen) atoms. The van der Waals surface area contributed by atoms with Crippen LogP contribution in [0.25, 0.3) is 0 Å². The van der Waals surface area contributed by atoms with Gasteiger partial charge in [-0.25, -0.2) is 8.42 Å². The van der Waals surface area contributed by atoms with Crippen molar-refractivity contribution in [2.75, 3.05) is 7.11 Å². The summed E-state index contributed by atoms with van der Waals surface area (Å²) >= 11 is 0. The molecule has 0 heterocycles. The topological polar surface area (TPSA) is 60.4 Å². The second-order valence-corrected chi connectivity index (χ2v) is 7.10. The average molecular weight is 248 g/mol. The van der Waals surface area contributed by atoms with Crippen molar-refractivity contribution in [1.29, 1.82) is 0 Å². The Bertz CT molecular complexity index is 341. The second-order valence-electron chi connectivity index (χ2n) is 4.51. The number of hydrogen-bond acceptors (Lipinski definition) is 4. The first-order chi connectivity index (χ1) is 7.41. The number of hydrogen-bond donors (Lipinski definition) is 0. The lowest BCUT2D eigenvalue weighted by atomic mass is 10.1. The molecule has 5 heteroatoms. The van der Waals surface area contributed by atoms with E-state index in [0.717, 1.165) is 25.7 Å². The summed E-state index contributed by atoms with van der Waals surface area (Å²) in [7, 11) is -1.91. The summed E-state index contributed by atoms with van der Waals surface area (Å²) in [5, 5.41) is -0.905. The van der Waals surface area contributed by atoms with E-state index in [-0.39, 0.29) is 5.25 Å². The molecule has 1 aliphatic rings. The quantitative estimate of drug-likeness (QED) is 0.708. The van der Waals surface area contributed by atoms with Crippen molar-refractivity contribution in [2.45, 2.75) is 50.0 Å². The highest BCUT2D eigenvalue weighted by Gasteiger charge is 2.38. The summed E-state index contributed by atoms with van der Waals surface area (Å²) in [4.78, 5) is 11.3. The van der Waals surface area contributed by atoms with Crippen LogP contribution in [0.1, 0.15) is 39.5 Å². The summed E-state index contributed by atoms with van der Waals surface area (Å²) in [6.45, 7) is 3.22. The van der Waals surface area contributed by atoms with Gasteiger partial charge in [-0.3, -0.25) is 4.79 Å². The first-order valence-corrected chi connectivity index (χ1v) is 7.32. The van der Waals surface area contributed by atoms with Crippen LogP contribution in [-0.2, 0) is 19.4 Å². The van der Waals surface area contributed by atoms with Gasteiger partial charge in [-0.15, -0.1) is 0 Å². The monoisotopic (exact) mass is 248 g/mol. The van der Waals surface area contributed by atoms with Crippen molar-refractivity contribution in [3.63, 3.8) is 0 Å². The fraction of sp³-hybridized carbons (Fsp3) is 0.909. The highest BCUT2D eigenvalue weighted by Crippen LogP contribution is 2.29. The molecule has 0 aromatic carbocycles. The van der Waals surface area contributed by atoms with Crippen molar-refractivity contribution in [2.24, 2.45) is 5.92 Å². The molecular formula is C11H20O4S. The molecule has 2 atom stereocenters. The lowest BCUT2D eigenvalue weighted by Gasteiger charge is -2.21. The van der Waals surface area contributed by atoms with Crippen LogP contribution in [0.15, 0.2) is 0 Å². The van der Waals surface area contributed by atoms with Crippen LogP contribution >= 0.6 is 0 Å². The van der Waals surface area contributed by atoms with Crippen LogP contribution < -0.4 is 0 Å². The van der Waals surface area contributed by atoms with Crippen molar-refractivity contribution >= 4 is 15.8 Å². The molecule has 4 nitrogen and oxygen atoms in total. The summed E-state index contributed by atoms with van der Waals surface area (Å²) in [5.41, 5.74) is 0. The normalized spacial score (nSPS) is 21.7. The van der Waals surface area contributed by atoms with E-state index in [0.29, 0.717) is 0 Å². The molecule has 0 spiro atoms. The lowest BCUT2D eigenvalue weighted by molar-refractivity contribution is -0.144. The number of ether oxygens (including phenoxy) is 1. The Hall–Kier alpha value is -0.580. The molecule has 0 bridgehead atoms. The van der Waals surface area contributed by atoms with Gasteiger partial charge in [0.25, 0.3) is 0 Å². The molecule has 0 aromatic rings. The smallest absolute Gasteiger partial charge is 0.309 e. The summed E-state index contributed by atoms with van der Waals surface area (Å²) in [6.07, 6.45) is 3.42. The molecule has 1 fully saturated rings. The molecule has 0 N–H and O–H groups in total. The van der Waals surface area contributed by atoms with E-state index in [1.807, 2.05) is 0 Å². The minimum atomic E-state index is -3.19. The van der Waals surface area contributed by atoms with Crippen LogP contribution in [-0.4, -0.2) is 32.0 Å². The van der Waals surface area contributed by atoms with Gasteiger partial charge in [0, 0.05) is 0 Å². The first kappa shape index (κ1) is 13.5. The van der Waals surface area contributed by atoms with Gasteiger partial charge in [-0.1, -0.05) is 19.8 Å². The molecule has 1 aliphatic carbocycles. The number of esters is 1. The number of rotatable bonds is 4. The fourth-order valence-electron chi connectivity index (χ4n) is 2.18. The standard InChI is InChI=1S/C11H20O4S/c1-8(11(12)15-3)9(2)16(13,14)10-6-4-5-7-10/h8-10H,4-7H2,1-3H3. The highest BCUT2D eigenvalue weighted by molar-refractivity contribution is 7.92. The fourth-order valence-corrected chi connectivity index (χ4v) is 4.46. The molecule has 1 rings (SSSR count). The largest absolute Gasteiger partial charge is 0.469 e. The predicted octanol–water partition coefficient (Wildman–Crippen LogP) is 1.54. The molecule has 0 aromatic heterocycles. The molecule has 94 valence electrons. The van der Waals surface area contributed by atoms with Crippen LogP contribution in [0.4, 0.5) is 0 Å². The molecule has 2 unspecified atom stereocenters. The van der Waals surface area contributed by atoms with E-state index in [1.54, 1.807) is 13.8 Å². The third-order valence-electron chi connectivity index (χ3n) is 3.56. The molecule has 1 saturated carbocycles. The maximum atomic E-state index is 12.2. The highest BCUT2D eigenvalue weighted by atomic mass is 32.2. The third-order valence-corrected chi connectivity index (χ3v) is 6.41. The molecule has 0 saturated heterocycles. The maximum absolute atomic E-state index is 12.2. The van der Waals surface area contributed by atoms with Crippen LogP contribution in [0.3, 0.4) is 0 Å². The van der Waals surface area contributed by atoms with Gasteiger partial charge in [-0.2, -0.15) is 0 Å². The van der Waals surface area contributed by atoms with Crippen molar-refractivity contribution in [1.82, 2.24) is 0 Å². The van der Waals surface area contributed by atoms with E-state index in [2.05, 4.69) is 4.74 Å². The van der Waals surface area contributed by atoms with E-state index >= 15 is 0 Å². The summed E-state index contributed by atoms with van der Waals surface area (Å²) < 4.78 is 29.0. The Kier molecular flexibility index (Phi) is 4.35. The van der Waals surface area contributed by atoms with Gasteiger partial charge in [0.15, 0.2) is 9.84 Å². The number of carbonyl (C=O) groups is 1. The minimum Gasteiger partial charge on any atom is -0.469 e. The van der Waals surface area contributed by atoms with Gasteiger partial charge < -0.3 is 4.74 Å². The zero-order chi connectivity index (χ0) is 12.3. The van der Waals surface area contributed by atoms with Crippen LogP contribution in [0, 0.1) is 5.92 Å². The van der Waals surface area contributed by atoms with Gasteiger partial charge in [-0.05, 0) is 19.8 Å². The minimum absolute atomic E-state index is 0.255. The Labute approximate surface area is 97.3 Å². The number of methoxy groups -OCH3 is 1. The molecule has 0 radical (unpaired) electrons. The van der Waals surface area contributed by atoms with E-state index in [9.17, 15) is 13.2 Å². The SMILES string of the molecule is COC(=O)C(C)C(C)S(=O)(=O)C1CCCC1. The predicted molar refractivity (Wildman–Crippen MR) is 61.8 cm³/mol. The Morgan fingerprint density at radius 1 is 1.25 bits per heavy atom. The van der Waals surface area contributed by atoms with Gasteiger partial charge in [0.05, 0.1) is 23.5 Å². The lowest BCUT2D eigenvalue weighted by Crippen LogP contribution is -2.36. The molecule has 0 amide bonds. The molecular weight excluding hydrogens is 228 g/mol. The Morgan fingerprint density at radius 3 is 2.19 bits per heavy atom. The third kappa shape index (κ3) is 2.56. The van der Waals surface area contributed by atoms with E-state index < -0.39 is 27.0 Å². The zero-order valence-electron chi connectivity index (χ0n) is 10.1. The zero-order valence-corrected chi connectivity index (χ0v) is 10.9. The first-order valence-electron chi connectivity index (χ1n) is 5.71. The Morgan fingerprint density at radius 2 is 1.75 bits per heavy atom. The van der Waals surface area contributed by atoms with Gasteiger partial charge >= 0.3 is 5.97 Å². The van der Waals surface area contributed by atoms with Gasteiger partial charge in [0.1, 0.15) is 0 Å². The second kappa shape index (κ2) is 5.17. The average Bonchev–Trinajstić information content (AvgIpc) is 2.79. The van der Waals surface area contributed by atoms with Crippen LogP contribution in [0.5, 0.6) is 0 Å². The summed E-state index contributed by atoms with van der Waals surface area (Å²) in [6, 6.07) is 0. The Balaban J connectivity index is 2.78. The van der Waals surface area contributed by atoms with Crippen molar-refractivity contribution < 1.29 is 17.9 Å². The van der Waals surface area contributed by atoms with Crippen molar-refractivity contribution in [3.05, 3.63) is 0 Å². The van der Waals surface area contributed by atoms with E-state index in [1.165, 1.54) is 7.11 Å². The van der Waals surface area contributed by atoms with Crippen molar-refractivity contribution in [3.8, 4) is 0 Å². The van der Waals surface area contributed by atoms with Gasteiger partial charge in [0.2, 0.25) is 0 Å². The van der Waals surface area contributed by atoms with E-state index in [4.69, 9.17) is 0 Å². The van der Waals surface area contributed by atoms with Crippen LogP contribution in [0.2, 0.25) is 0 Å². The summed E-state index contributed by atoms with van der Waals surface area (Å²) in [5.74, 6) is -1.04. The number of sulfone groups is 1. The number of carbonyl (C=O) groups excluding carboxylic acids is 1. The molecule has 0 aliphatic heterocycles. The maximum Gasteiger partial charge on any atom is 0.309 e.